The maximum atomic E-state index is 11.4. The molecule has 1 N–H and O–H groups in total. The monoisotopic (exact) mass is 212 g/mol. The number of hydrogen-bond acceptors (Lipinski definition) is 3. The Morgan fingerprint density at radius 2 is 2.36 bits per heavy atom. The molecule has 1 aromatic rings. The van der Waals surface area contributed by atoms with Crippen molar-refractivity contribution in [2.45, 2.75) is 39.7 Å². The van der Waals surface area contributed by atoms with E-state index in [9.17, 15) is 4.79 Å². The maximum absolute atomic E-state index is 11.4. The number of rotatable bonds is 4. The fraction of sp³-hybridized carbons (Fsp3) is 0.600. The Balaban J connectivity index is 2.47. The van der Waals surface area contributed by atoms with Gasteiger partial charge in [-0.2, -0.15) is 0 Å². The van der Waals surface area contributed by atoms with Gasteiger partial charge in [-0.1, -0.05) is 6.92 Å². The Kier molecular flexibility index (Phi) is 4.07. The summed E-state index contributed by atoms with van der Waals surface area (Å²) in [6.07, 6.45) is 1.34. The zero-order valence-electron chi connectivity index (χ0n) is 8.83. The minimum Gasteiger partial charge on any atom is -0.354 e. The van der Waals surface area contributed by atoms with E-state index in [4.69, 9.17) is 0 Å². The molecule has 78 valence electrons. The standard InChI is InChI=1S/C10H16N2OS/c1-4-8-6-14-10(12-8)5-9(13)11-7(2)3/h6-7H,4-5H2,1-3H3,(H,11,13). The highest BCUT2D eigenvalue weighted by Gasteiger charge is 2.07. The average Bonchev–Trinajstić information content (AvgIpc) is 2.50. The van der Waals surface area contributed by atoms with Crippen LogP contribution in [0.25, 0.3) is 0 Å². The summed E-state index contributed by atoms with van der Waals surface area (Å²) in [6, 6.07) is 0.202. The largest absolute Gasteiger partial charge is 0.354 e. The molecule has 0 aliphatic carbocycles. The lowest BCUT2D eigenvalue weighted by Crippen LogP contribution is -2.31. The fourth-order valence-electron chi connectivity index (χ4n) is 1.10. The third-order valence-electron chi connectivity index (χ3n) is 1.72. The lowest BCUT2D eigenvalue weighted by atomic mass is 10.3. The van der Waals surface area contributed by atoms with Gasteiger partial charge in [0.25, 0.3) is 0 Å². The van der Waals surface area contributed by atoms with E-state index in [1.54, 1.807) is 11.3 Å². The Labute approximate surface area is 88.6 Å². The molecule has 1 heterocycles. The van der Waals surface area contributed by atoms with Crippen LogP contribution in [0.3, 0.4) is 0 Å². The summed E-state index contributed by atoms with van der Waals surface area (Å²) < 4.78 is 0. The van der Waals surface area contributed by atoms with Gasteiger partial charge in [-0.05, 0) is 20.3 Å². The number of nitrogens with one attached hydrogen (secondary N) is 1. The fourth-order valence-corrected chi connectivity index (χ4v) is 1.98. The normalized spacial score (nSPS) is 10.6. The molecule has 4 heteroatoms. The Bertz CT molecular complexity index is 307. The van der Waals surface area contributed by atoms with Crippen molar-refractivity contribution >= 4 is 17.2 Å². The highest BCUT2D eigenvalue weighted by Crippen LogP contribution is 2.10. The van der Waals surface area contributed by atoms with Gasteiger partial charge in [0.2, 0.25) is 5.91 Å². The molecular weight excluding hydrogens is 196 g/mol. The van der Waals surface area contributed by atoms with Gasteiger partial charge < -0.3 is 5.32 Å². The first kappa shape index (κ1) is 11.2. The van der Waals surface area contributed by atoms with Gasteiger partial charge in [0.15, 0.2) is 0 Å². The summed E-state index contributed by atoms with van der Waals surface area (Å²) in [4.78, 5) is 15.7. The second-order valence-corrected chi connectivity index (χ2v) is 4.43. The highest BCUT2D eigenvalue weighted by molar-refractivity contribution is 7.09. The first-order valence-corrected chi connectivity index (χ1v) is 5.72. The van der Waals surface area contributed by atoms with Crippen LogP contribution >= 0.6 is 11.3 Å². The minimum absolute atomic E-state index is 0.0528. The van der Waals surface area contributed by atoms with E-state index in [0.29, 0.717) is 6.42 Å². The topological polar surface area (TPSA) is 42.0 Å². The molecule has 0 bridgehead atoms. The van der Waals surface area contributed by atoms with Crippen molar-refractivity contribution in [2.24, 2.45) is 0 Å². The van der Waals surface area contributed by atoms with Crippen molar-refractivity contribution in [2.75, 3.05) is 0 Å². The van der Waals surface area contributed by atoms with Crippen LogP contribution in [0.4, 0.5) is 0 Å². The van der Waals surface area contributed by atoms with Gasteiger partial charge in [0.05, 0.1) is 12.1 Å². The van der Waals surface area contributed by atoms with Crippen LogP contribution in [-0.4, -0.2) is 16.9 Å². The van der Waals surface area contributed by atoms with E-state index in [1.807, 2.05) is 19.2 Å². The molecule has 0 radical (unpaired) electrons. The SMILES string of the molecule is CCc1csc(CC(=O)NC(C)C)n1. The molecule has 1 aromatic heterocycles. The van der Waals surface area contributed by atoms with E-state index in [0.717, 1.165) is 17.1 Å². The van der Waals surface area contributed by atoms with Crippen molar-refractivity contribution in [3.8, 4) is 0 Å². The Morgan fingerprint density at radius 1 is 1.64 bits per heavy atom. The van der Waals surface area contributed by atoms with E-state index < -0.39 is 0 Å². The highest BCUT2D eigenvalue weighted by atomic mass is 32.1. The van der Waals surface area contributed by atoms with Crippen molar-refractivity contribution in [3.63, 3.8) is 0 Å². The average molecular weight is 212 g/mol. The molecule has 0 unspecified atom stereocenters. The summed E-state index contributed by atoms with van der Waals surface area (Å²) in [5.41, 5.74) is 1.07. The quantitative estimate of drug-likeness (QED) is 0.826. The van der Waals surface area contributed by atoms with Gasteiger partial charge in [-0.15, -0.1) is 11.3 Å². The third-order valence-corrected chi connectivity index (χ3v) is 2.62. The van der Waals surface area contributed by atoms with Crippen LogP contribution < -0.4 is 5.32 Å². The molecular formula is C10H16N2OS. The van der Waals surface area contributed by atoms with Crippen LogP contribution in [0, 0.1) is 0 Å². The summed E-state index contributed by atoms with van der Waals surface area (Å²) in [5.74, 6) is 0.0528. The maximum Gasteiger partial charge on any atom is 0.227 e. The summed E-state index contributed by atoms with van der Waals surface area (Å²) >= 11 is 1.56. The molecule has 0 fully saturated rings. The number of carbonyl (C=O) groups is 1. The van der Waals surface area contributed by atoms with Gasteiger partial charge >= 0.3 is 0 Å². The molecule has 14 heavy (non-hydrogen) atoms. The summed E-state index contributed by atoms with van der Waals surface area (Å²) in [7, 11) is 0. The van der Waals surface area contributed by atoms with Crippen molar-refractivity contribution in [1.29, 1.82) is 0 Å². The summed E-state index contributed by atoms with van der Waals surface area (Å²) in [6.45, 7) is 5.97. The number of thiazole rings is 1. The van der Waals surface area contributed by atoms with Crippen LogP contribution in [0.1, 0.15) is 31.5 Å². The van der Waals surface area contributed by atoms with Crippen LogP contribution in [-0.2, 0) is 17.6 Å². The minimum atomic E-state index is 0.0528. The van der Waals surface area contributed by atoms with Gasteiger partial charge in [0, 0.05) is 11.4 Å². The predicted molar refractivity (Wildman–Crippen MR) is 58.5 cm³/mol. The zero-order valence-corrected chi connectivity index (χ0v) is 9.65. The van der Waals surface area contributed by atoms with E-state index in [-0.39, 0.29) is 11.9 Å². The van der Waals surface area contributed by atoms with Crippen molar-refractivity contribution in [3.05, 3.63) is 16.1 Å². The lowest BCUT2D eigenvalue weighted by Gasteiger charge is -2.06. The molecule has 0 aromatic carbocycles. The lowest BCUT2D eigenvalue weighted by molar-refractivity contribution is -0.120. The summed E-state index contributed by atoms with van der Waals surface area (Å²) in [5, 5.41) is 5.76. The number of carbonyl (C=O) groups excluding carboxylic acids is 1. The van der Waals surface area contributed by atoms with Gasteiger partial charge in [0.1, 0.15) is 5.01 Å². The second-order valence-electron chi connectivity index (χ2n) is 3.49. The van der Waals surface area contributed by atoms with Crippen LogP contribution in [0.5, 0.6) is 0 Å². The van der Waals surface area contributed by atoms with E-state index in [1.165, 1.54) is 0 Å². The zero-order chi connectivity index (χ0) is 10.6. The molecule has 1 rings (SSSR count). The van der Waals surface area contributed by atoms with Crippen molar-refractivity contribution < 1.29 is 4.79 Å². The molecule has 0 aliphatic rings. The number of amides is 1. The number of nitrogens with zero attached hydrogens (tertiary/aromatic N) is 1. The molecule has 0 aliphatic heterocycles. The van der Waals surface area contributed by atoms with Gasteiger partial charge in [-0.3, -0.25) is 4.79 Å². The van der Waals surface area contributed by atoms with Crippen LogP contribution in [0.15, 0.2) is 5.38 Å². The first-order valence-electron chi connectivity index (χ1n) is 4.84. The van der Waals surface area contributed by atoms with Crippen LogP contribution in [0.2, 0.25) is 0 Å². The molecule has 0 saturated heterocycles. The predicted octanol–water partition coefficient (Wildman–Crippen LogP) is 1.77. The first-order chi connectivity index (χ1) is 6.61. The Hall–Kier alpha value is -0.900. The smallest absolute Gasteiger partial charge is 0.227 e. The molecule has 1 amide bonds. The molecule has 0 saturated carbocycles. The number of aromatic nitrogens is 1. The number of hydrogen-bond donors (Lipinski definition) is 1. The van der Waals surface area contributed by atoms with Crippen molar-refractivity contribution in [1.82, 2.24) is 10.3 Å². The van der Waals surface area contributed by atoms with Gasteiger partial charge in [-0.25, -0.2) is 4.98 Å². The van der Waals surface area contributed by atoms with E-state index >= 15 is 0 Å². The second kappa shape index (κ2) is 5.10. The molecule has 0 atom stereocenters. The third kappa shape index (κ3) is 3.46. The Morgan fingerprint density at radius 3 is 2.86 bits per heavy atom. The molecule has 0 spiro atoms. The number of aryl methyl sites for hydroxylation is 1. The molecule has 3 nitrogen and oxygen atoms in total. The van der Waals surface area contributed by atoms with E-state index in [2.05, 4.69) is 17.2 Å².